The van der Waals surface area contributed by atoms with Crippen LogP contribution in [0.5, 0.6) is 0 Å². The van der Waals surface area contributed by atoms with E-state index < -0.39 is 0 Å². The molecule has 0 spiro atoms. The van der Waals surface area contributed by atoms with Gasteiger partial charge in [-0.1, -0.05) is 0 Å². The summed E-state index contributed by atoms with van der Waals surface area (Å²) >= 11 is 0. The molecule has 9 N–H and O–H groups in total. The summed E-state index contributed by atoms with van der Waals surface area (Å²) < 4.78 is 0. The fourth-order valence-electron chi connectivity index (χ4n) is 2.83. The molecular weight excluding hydrogens is 290 g/mol. The van der Waals surface area contributed by atoms with Gasteiger partial charge in [0.1, 0.15) is 0 Å². The lowest BCUT2D eigenvalue weighted by Crippen LogP contribution is -2.47. The smallest absolute Gasteiger partial charge is 0.0193 e. The first kappa shape index (κ1) is 20.8. The zero-order chi connectivity index (χ0) is 16.6. The van der Waals surface area contributed by atoms with E-state index in [1.54, 1.807) is 0 Å². The minimum atomic E-state index is 0.490. The molecule has 1 heterocycles. The summed E-state index contributed by atoms with van der Waals surface area (Å²) in [5, 5.41) is 17.8. The predicted octanol–water partition coefficient (Wildman–Crippen LogP) is -1.84. The highest BCUT2D eigenvalue weighted by Gasteiger charge is 2.12. The Morgan fingerprint density at radius 2 is 1.13 bits per heavy atom. The number of nitrogens with two attached hydrogens (primary N) is 2. The maximum absolute atomic E-state index is 5.67. The molecule has 0 aromatic rings. The van der Waals surface area contributed by atoms with Gasteiger partial charge in [-0.25, -0.2) is 0 Å². The summed E-state index contributed by atoms with van der Waals surface area (Å²) in [6, 6.07) is 0.980. The highest BCUT2D eigenvalue weighted by atomic mass is 15.1. The summed E-state index contributed by atoms with van der Waals surface area (Å²) in [6.07, 6.45) is 4.40. The van der Waals surface area contributed by atoms with Crippen molar-refractivity contribution >= 4 is 0 Å². The molecule has 1 aliphatic rings. The average Bonchev–Trinajstić information content (AvgIpc) is 2.58. The van der Waals surface area contributed by atoms with Gasteiger partial charge in [-0.2, -0.15) is 0 Å². The molecule has 0 saturated carbocycles. The normalized spacial score (nSPS) is 26.3. The van der Waals surface area contributed by atoms with Gasteiger partial charge in [0.2, 0.25) is 0 Å². The van der Waals surface area contributed by atoms with E-state index in [4.69, 9.17) is 11.5 Å². The molecule has 0 aliphatic carbocycles. The SMILES string of the molecule is NCCCC1CN[C@@H](CCCN)CNCCNCCNCCN1. The van der Waals surface area contributed by atoms with Gasteiger partial charge >= 0.3 is 0 Å². The zero-order valence-electron chi connectivity index (χ0n) is 14.7. The van der Waals surface area contributed by atoms with Crippen molar-refractivity contribution in [3.8, 4) is 0 Å². The number of hydrogen-bond donors (Lipinski definition) is 7. The molecule has 0 bridgehead atoms. The maximum atomic E-state index is 5.67. The molecule has 1 unspecified atom stereocenters. The number of nitrogens with one attached hydrogen (secondary N) is 5. The van der Waals surface area contributed by atoms with E-state index in [0.29, 0.717) is 12.1 Å². The van der Waals surface area contributed by atoms with Crippen molar-refractivity contribution in [2.75, 3.05) is 65.4 Å². The maximum Gasteiger partial charge on any atom is 0.0193 e. The first-order valence-electron chi connectivity index (χ1n) is 9.36. The Morgan fingerprint density at radius 1 is 0.609 bits per heavy atom. The molecule has 23 heavy (non-hydrogen) atoms. The van der Waals surface area contributed by atoms with E-state index in [1.807, 2.05) is 0 Å². The van der Waals surface area contributed by atoms with E-state index in [1.165, 1.54) is 0 Å². The second-order valence-corrected chi connectivity index (χ2v) is 6.32. The summed E-state index contributed by atoms with van der Waals surface area (Å²) in [5.41, 5.74) is 11.3. The lowest BCUT2D eigenvalue weighted by Gasteiger charge is -2.24. The van der Waals surface area contributed by atoms with Gasteiger partial charge < -0.3 is 38.1 Å². The molecule has 0 aromatic heterocycles. The van der Waals surface area contributed by atoms with Crippen molar-refractivity contribution in [1.82, 2.24) is 26.6 Å². The molecule has 2 atom stereocenters. The third-order valence-corrected chi connectivity index (χ3v) is 4.25. The standard InChI is InChI=1S/C16H39N7/c17-5-1-3-15-13-21-10-9-19-7-8-20-11-12-22-16(14-23-15)4-2-6-18/h15-16,19-23H,1-14,17-18H2/t15-,16?/m0/s1. The molecule has 1 rings (SSSR count). The fraction of sp³-hybridized carbons (Fsp3) is 1.00. The van der Waals surface area contributed by atoms with Crippen LogP contribution in [0, 0.1) is 0 Å². The van der Waals surface area contributed by atoms with Gasteiger partial charge in [0.05, 0.1) is 0 Å². The van der Waals surface area contributed by atoms with Crippen molar-refractivity contribution < 1.29 is 0 Å². The molecule has 0 radical (unpaired) electrons. The Balaban J connectivity index is 2.44. The van der Waals surface area contributed by atoms with E-state index in [0.717, 1.165) is 91.1 Å². The molecule has 1 saturated heterocycles. The van der Waals surface area contributed by atoms with E-state index >= 15 is 0 Å². The third-order valence-electron chi connectivity index (χ3n) is 4.25. The van der Waals surface area contributed by atoms with Crippen molar-refractivity contribution in [2.24, 2.45) is 11.5 Å². The summed E-state index contributed by atoms with van der Waals surface area (Å²) in [4.78, 5) is 0. The summed E-state index contributed by atoms with van der Waals surface area (Å²) in [6.45, 7) is 9.61. The van der Waals surface area contributed by atoms with Crippen LogP contribution in [0.2, 0.25) is 0 Å². The van der Waals surface area contributed by atoms with Crippen LogP contribution in [0.25, 0.3) is 0 Å². The van der Waals surface area contributed by atoms with Crippen LogP contribution >= 0.6 is 0 Å². The number of rotatable bonds is 6. The molecule has 7 nitrogen and oxygen atoms in total. The molecule has 1 fully saturated rings. The Labute approximate surface area is 142 Å². The van der Waals surface area contributed by atoms with Crippen LogP contribution in [-0.2, 0) is 0 Å². The van der Waals surface area contributed by atoms with Gasteiger partial charge in [-0.15, -0.1) is 0 Å². The molecule has 0 aromatic carbocycles. The lowest BCUT2D eigenvalue weighted by molar-refractivity contribution is 0.383. The van der Waals surface area contributed by atoms with Crippen molar-refractivity contribution in [3.05, 3.63) is 0 Å². The van der Waals surface area contributed by atoms with E-state index in [9.17, 15) is 0 Å². The second-order valence-electron chi connectivity index (χ2n) is 6.32. The van der Waals surface area contributed by atoms with Crippen LogP contribution in [0.15, 0.2) is 0 Å². The van der Waals surface area contributed by atoms with Crippen molar-refractivity contribution in [2.45, 2.75) is 37.8 Å². The quantitative estimate of drug-likeness (QED) is 0.307. The average molecular weight is 330 g/mol. The second kappa shape index (κ2) is 15.3. The first-order valence-corrected chi connectivity index (χ1v) is 9.36. The first-order chi connectivity index (χ1) is 11.4. The van der Waals surface area contributed by atoms with Gasteiger partial charge in [0.25, 0.3) is 0 Å². The van der Waals surface area contributed by atoms with Gasteiger partial charge in [0, 0.05) is 64.4 Å². The fourth-order valence-corrected chi connectivity index (χ4v) is 2.83. The summed E-state index contributed by atoms with van der Waals surface area (Å²) in [5.74, 6) is 0. The van der Waals surface area contributed by atoms with Crippen molar-refractivity contribution in [3.63, 3.8) is 0 Å². The van der Waals surface area contributed by atoms with Crippen molar-refractivity contribution in [1.29, 1.82) is 0 Å². The molecule has 1 aliphatic heterocycles. The topological polar surface area (TPSA) is 112 Å². The van der Waals surface area contributed by atoms with Crippen LogP contribution in [0.3, 0.4) is 0 Å². The van der Waals surface area contributed by atoms with E-state index in [2.05, 4.69) is 26.6 Å². The molecule has 138 valence electrons. The summed E-state index contributed by atoms with van der Waals surface area (Å²) in [7, 11) is 0. The third kappa shape index (κ3) is 11.8. The van der Waals surface area contributed by atoms with Gasteiger partial charge in [-0.3, -0.25) is 0 Å². The Hall–Kier alpha value is -0.280. The monoisotopic (exact) mass is 329 g/mol. The minimum Gasteiger partial charge on any atom is -0.330 e. The van der Waals surface area contributed by atoms with Gasteiger partial charge in [-0.05, 0) is 38.8 Å². The van der Waals surface area contributed by atoms with Crippen LogP contribution in [0.1, 0.15) is 25.7 Å². The van der Waals surface area contributed by atoms with Crippen LogP contribution in [-0.4, -0.2) is 77.5 Å². The largest absolute Gasteiger partial charge is 0.330 e. The predicted molar refractivity (Wildman–Crippen MR) is 98.8 cm³/mol. The highest BCUT2D eigenvalue weighted by Crippen LogP contribution is 1.99. The lowest BCUT2D eigenvalue weighted by atomic mass is 10.1. The van der Waals surface area contributed by atoms with Crippen LogP contribution in [0.4, 0.5) is 0 Å². The molecule has 0 amide bonds. The highest BCUT2D eigenvalue weighted by molar-refractivity contribution is 4.77. The number of hydrogen-bond acceptors (Lipinski definition) is 7. The van der Waals surface area contributed by atoms with Crippen LogP contribution < -0.4 is 38.1 Å². The Kier molecular flexibility index (Phi) is 13.8. The Morgan fingerprint density at radius 3 is 1.74 bits per heavy atom. The Bertz CT molecular complexity index is 229. The zero-order valence-corrected chi connectivity index (χ0v) is 14.7. The molecule has 7 heteroatoms. The van der Waals surface area contributed by atoms with Gasteiger partial charge in [0.15, 0.2) is 0 Å². The molecular formula is C16H39N7. The van der Waals surface area contributed by atoms with E-state index in [-0.39, 0.29) is 0 Å². The minimum absolute atomic E-state index is 0.490.